The maximum Gasteiger partial charge on any atom is 0.232 e. The average Bonchev–Trinajstić information content (AvgIpc) is 2.37. The zero-order valence-corrected chi connectivity index (χ0v) is 10.6. The quantitative estimate of drug-likeness (QED) is 0.516. The van der Waals surface area contributed by atoms with E-state index in [9.17, 15) is 30.4 Å². The number of benzene rings is 1. The molecule has 0 heterocycles. The second-order valence-corrected chi connectivity index (χ2v) is 5.56. The first-order chi connectivity index (χ1) is 8.71. The van der Waals surface area contributed by atoms with E-state index in [4.69, 9.17) is 0 Å². The lowest BCUT2D eigenvalue weighted by molar-refractivity contribution is 0.382. The van der Waals surface area contributed by atoms with E-state index in [-0.39, 0.29) is 6.42 Å². The fourth-order valence-corrected chi connectivity index (χ4v) is 2.50. The Morgan fingerprint density at radius 3 is 1.74 bits per heavy atom. The minimum Gasteiger partial charge on any atom is -0.278 e. The largest absolute Gasteiger partial charge is 0.278 e. The smallest absolute Gasteiger partial charge is 0.232 e. The van der Waals surface area contributed by atoms with Gasteiger partial charge in [0.15, 0.2) is 23.3 Å². The van der Waals surface area contributed by atoms with E-state index in [0.29, 0.717) is 6.42 Å². The summed E-state index contributed by atoms with van der Waals surface area (Å²) < 4.78 is 89.0. The van der Waals surface area contributed by atoms with Crippen molar-refractivity contribution in [3.8, 4) is 0 Å². The van der Waals surface area contributed by atoms with Crippen LogP contribution in [0.1, 0.15) is 19.8 Å². The third kappa shape index (κ3) is 3.34. The lowest BCUT2D eigenvalue weighted by Crippen LogP contribution is -2.20. The van der Waals surface area contributed by atoms with Crippen LogP contribution in [0.3, 0.4) is 0 Å². The van der Waals surface area contributed by atoms with Gasteiger partial charge in [-0.3, -0.25) is 4.72 Å². The first-order valence-electron chi connectivity index (χ1n) is 5.23. The average molecular weight is 303 g/mol. The molecule has 0 amide bonds. The molecule has 0 saturated carbocycles. The second-order valence-electron chi connectivity index (χ2n) is 3.72. The molecule has 1 aromatic rings. The monoisotopic (exact) mass is 303 g/mol. The maximum absolute atomic E-state index is 13.2. The Bertz CT molecular complexity index is 559. The molecule has 0 aliphatic rings. The van der Waals surface area contributed by atoms with Crippen molar-refractivity contribution in [1.82, 2.24) is 0 Å². The fourth-order valence-electron chi connectivity index (χ4n) is 1.24. The van der Waals surface area contributed by atoms with Gasteiger partial charge in [-0.2, -0.15) is 0 Å². The minimum absolute atomic E-state index is 0.185. The molecule has 0 aromatic heterocycles. The van der Waals surface area contributed by atoms with Crippen LogP contribution in [0.2, 0.25) is 0 Å². The lowest BCUT2D eigenvalue weighted by atomic mass is 10.2. The van der Waals surface area contributed by atoms with Crippen molar-refractivity contribution in [2.24, 2.45) is 0 Å². The van der Waals surface area contributed by atoms with Crippen LogP contribution in [-0.4, -0.2) is 14.2 Å². The molecule has 1 N–H and O–H groups in total. The fraction of sp³-hybridized carbons (Fsp3) is 0.400. The third-order valence-electron chi connectivity index (χ3n) is 2.23. The first-order valence-corrected chi connectivity index (χ1v) is 6.88. The molecule has 0 unspecified atom stereocenters. The predicted molar refractivity (Wildman–Crippen MR) is 58.5 cm³/mol. The number of nitrogens with one attached hydrogen (secondary N) is 1. The van der Waals surface area contributed by atoms with Crippen LogP contribution in [-0.2, 0) is 10.0 Å². The molecular weight excluding hydrogens is 293 g/mol. The van der Waals surface area contributed by atoms with Crippen LogP contribution < -0.4 is 4.72 Å². The molecule has 9 heteroatoms. The molecule has 108 valence electrons. The molecule has 0 fully saturated rings. The van der Waals surface area contributed by atoms with Gasteiger partial charge in [0.2, 0.25) is 15.8 Å². The Kier molecular flexibility index (Phi) is 4.72. The van der Waals surface area contributed by atoms with Gasteiger partial charge in [-0.05, 0) is 6.42 Å². The van der Waals surface area contributed by atoms with Gasteiger partial charge >= 0.3 is 0 Å². The maximum atomic E-state index is 13.2. The highest BCUT2D eigenvalue weighted by molar-refractivity contribution is 7.92. The van der Waals surface area contributed by atoms with Gasteiger partial charge in [0.25, 0.3) is 0 Å². The van der Waals surface area contributed by atoms with Gasteiger partial charge in [0.05, 0.1) is 5.75 Å². The summed E-state index contributed by atoms with van der Waals surface area (Å²) in [4.78, 5) is 0. The Balaban J connectivity index is 3.23. The van der Waals surface area contributed by atoms with Crippen LogP contribution in [0.5, 0.6) is 0 Å². The van der Waals surface area contributed by atoms with Gasteiger partial charge in [0.1, 0.15) is 5.69 Å². The second kappa shape index (κ2) is 5.72. The summed E-state index contributed by atoms with van der Waals surface area (Å²) >= 11 is 0. The van der Waals surface area contributed by atoms with Crippen molar-refractivity contribution >= 4 is 15.7 Å². The Morgan fingerprint density at radius 2 is 1.32 bits per heavy atom. The van der Waals surface area contributed by atoms with E-state index < -0.39 is 50.5 Å². The molecule has 0 radical (unpaired) electrons. The highest BCUT2D eigenvalue weighted by Crippen LogP contribution is 2.27. The molecule has 0 saturated heterocycles. The number of halogens is 5. The van der Waals surface area contributed by atoms with E-state index in [1.165, 1.54) is 4.72 Å². The predicted octanol–water partition coefficient (Wildman–Crippen LogP) is 2.92. The standard InChI is InChI=1S/C10H10F5NO2S/c1-2-3-4-19(17,18)16-10-8(14)6(12)5(11)7(13)9(10)15/h16H,2-4H2,1H3. The lowest BCUT2D eigenvalue weighted by Gasteiger charge is -2.11. The van der Waals surface area contributed by atoms with Gasteiger partial charge in [-0.15, -0.1) is 0 Å². The summed E-state index contributed by atoms with van der Waals surface area (Å²) in [5.41, 5.74) is -1.56. The Labute approximate surface area is 106 Å². The minimum atomic E-state index is -4.17. The van der Waals surface area contributed by atoms with Gasteiger partial charge in [-0.1, -0.05) is 13.3 Å². The van der Waals surface area contributed by atoms with Crippen molar-refractivity contribution < 1.29 is 30.4 Å². The van der Waals surface area contributed by atoms with Gasteiger partial charge in [0, 0.05) is 0 Å². The summed E-state index contributed by atoms with van der Waals surface area (Å²) in [7, 11) is -4.17. The van der Waals surface area contributed by atoms with Crippen molar-refractivity contribution in [2.45, 2.75) is 19.8 Å². The zero-order valence-electron chi connectivity index (χ0n) is 9.74. The number of sulfonamides is 1. The number of anilines is 1. The third-order valence-corrected chi connectivity index (χ3v) is 3.58. The molecule has 0 bridgehead atoms. The topological polar surface area (TPSA) is 46.2 Å². The molecule has 3 nitrogen and oxygen atoms in total. The number of hydrogen-bond acceptors (Lipinski definition) is 2. The molecule has 19 heavy (non-hydrogen) atoms. The zero-order chi connectivity index (χ0) is 14.8. The van der Waals surface area contributed by atoms with Crippen molar-refractivity contribution in [3.63, 3.8) is 0 Å². The number of rotatable bonds is 5. The SMILES string of the molecule is CCCCS(=O)(=O)Nc1c(F)c(F)c(F)c(F)c1F. The van der Waals surface area contributed by atoms with Gasteiger partial charge in [-0.25, -0.2) is 30.4 Å². The van der Waals surface area contributed by atoms with Crippen LogP contribution in [0.4, 0.5) is 27.6 Å². The summed E-state index contributed by atoms with van der Waals surface area (Å²) in [6.07, 6.45) is 0.669. The van der Waals surface area contributed by atoms with E-state index in [2.05, 4.69) is 0 Å². The molecule has 0 aliphatic heterocycles. The normalized spacial score (nSPS) is 11.7. The molecular formula is C10H10F5NO2S. The van der Waals surface area contributed by atoms with Crippen LogP contribution in [0.15, 0.2) is 0 Å². The summed E-state index contributed by atoms with van der Waals surface area (Å²) in [5, 5.41) is 0. The molecule has 1 aromatic carbocycles. The molecule has 1 rings (SSSR count). The summed E-state index contributed by atoms with van der Waals surface area (Å²) in [6, 6.07) is 0. The van der Waals surface area contributed by atoms with Crippen molar-refractivity contribution in [2.75, 3.05) is 10.5 Å². The van der Waals surface area contributed by atoms with E-state index in [1.54, 1.807) is 6.92 Å². The highest BCUT2D eigenvalue weighted by Gasteiger charge is 2.28. The van der Waals surface area contributed by atoms with Crippen LogP contribution in [0, 0.1) is 29.1 Å². The Morgan fingerprint density at radius 1 is 0.895 bits per heavy atom. The number of hydrogen-bond donors (Lipinski definition) is 1. The highest BCUT2D eigenvalue weighted by atomic mass is 32.2. The van der Waals surface area contributed by atoms with Crippen LogP contribution in [0.25, 0.3) is 0 Å². The first kappa shape index (κ1) is 15.7. The molecule has 0 aliphatic carbocycles. The van der Waals surface area contributed by atoms with Crippen molar-refractivity contribution in [1.29, 1.82) is 0 Å². The summed E-state index contributed by atoms with van der Waals surface area (Å²) in [6.45, 7) is 1.67. The number of unbranched alkanes of at least 4 members (excludes halogenated alkanes) is 1. The Hall–Kier alpha value is -1.38. The van der Waals surface area contributed by atoms with E-state index >= 15 is 0 Å². The van der Waals surface area contributed by atoms with Crippen molar-refractivity contribution in [3.05, 3.63) is 29.1 Å². The van der Waals surface area contributed by atoms with E-state index in [0.717, 1.165) is 0 Å². The van der Waals surface area contributed by atoms with E-state index in [1.807, 2.05) is 0 Å². The molecule has 0 atom stereocenters. The van der Waals surface area contributed by atoms with Crippen LogP contribution >= 0.6 is 0 Å². The van der Waals surface area contributed by atoms with Gasteiger partial charge < -0.3 is 0 Å². The molecule has 0 spiro atoms. The summed E-state index contributed by atoms with van der Waals surface area (Å²) in [5.74, 6) is -11.7.